The Bertz CT molecular complexity index is 554. The highest BCUT2D eigenvalue weighted by Crippen LogP contribution is 2.21. The molecule has 2 rings (SSSR count). The zero-order valence-electron chi connectivity index (χ0n) is 13.1. The highest BCUT2D eigenvalue weighted by atomic mass is 35.5. The number of ether oxygens (including phenoxy) is 1. The average molecular weight is 318 g/mol. The Kier molecular flexibility index (Phi) is 7.11. The molecule has 0 bridgehead atoms. The molecule has 0 amide bonds. The zero-order valence-corrected chi connectivity index (χ0v) is 13.9. The van der Waals surface area contributed by atoms with Gasteiger partial charge in [0.15, 0.2) is 0 Å². The quantitative estimate of drug-likeness (QED) is 0.580. The smallest absolute Gasteiger partial charge is 0.124 e. The fourth-order valence-electron chi connectivity index (χ4n) is 2.27. The average Bonchev–Trinajstić information content (AvgIpc) is 2.55. The lowest BCUT2D eigenvalue weighted by atomic mass is 10.2. The molecule has 0 atom stereocenters. The molecular weight excluding hydrogens is 294 g/mol. The van der Waals surface area contributed by atoms with E-state index in [1.54, 1.807) is 0 Å². The lowest BCUT2D eigenvalue weighted by Gasteiger charge is -2.13. The maximum atomic E-state index is 5.93. The molecule has 118 valence electrons. The standard InChI is InChI=1S/C19H24ClNO/c1-2-3-4-7-14-22-19-9-6-5-8-16(19)15-21-18-12-10-17(20)11-13-18/h5-6,8-13,21H,2-4,7,14-15H2,1H3. The summed E-state index contributed by atoms with van der Waals surface area (Å²) in [6.45, 7) is 3.75. The molecular formula is C19H24ClNO. The minimum atomic E-state index is 0.743. The summed E-state index contributed by atoms with van der Waals surface area (Å²) in [4.78, 5) is 0. The van der Waals surface area contributed by atoms with Crippen molar-refractivity contribution in [2.45, 2.75) is 39.2 Å². The molecule has 0 radical (unpaired) electrons. The van der Waals surface area contributed by atoms with Crippen LogP contribution in [0.15, 0.2) is 48.5 Å². The van der Waals surface area contributed by atoms with Crippen LogP contribution in [-0.4, -0.2) is 6.61 Å². The summed E-state index contributed by atoms with van der Waals surface area (Å²) in [5, 5.41) is 4.15. The van der Waals surface area contributed by atoms with Gasteiger partial charge < -0.3 is 10.1 Å². The second-order valence-electron chi connectivity index (χ2n) is 5.38. The highest BCUT2D eigenvalue weighted by Gasteiger charge is 2.03. The fourth-order valence-corrected chi connectivity index (χ4v) is 2.39. The van der Waals surface area contributed by atoms with Crippen LogP contribution in [-0.2, 0) is 6.54 Å². The molecule has 0 spiro atoms. The van der Waals surface area contributed by atoms with Gasteiger partial charge in [-0.2, -0.15) is 0 Å². The minimum Gasteiger partial charge on any atom is -0.493 e. The maximum absolute atomic E-state index is 5.93. The maximum Gasteiger partial charge on any atom is 0.124 e. The molecule has 0 aromatic heterocycles. The zero-order chi connectivity index (χ0) is 15.6. The van der Waals surface area contributed by atoms with E-state index < -0.39 is 0 Å². The molecule has 1 N–H and O–H groups in total. The van der Waals surface area contributed by atoms with E-state index in [1.807, 2.05) is 42.5 Å². The first-order valence-electron chi connectivity index (χ1n) is 7.99. The van der Waals surface area contributed by atoms with Crippen molar-refractivity contribution in [2.75, 3.05) is 11.9 Å². The molecule has 2 aromatic rings. The van der Waals surface area contributed by atoms with Gasteiger partial charge >= 0.3 is 0 Å². The summed E-state index contributed by atoms with van der Waals surface area (Å²) in [6, 6.07) is 16.0. The number of hydrogen-bond acceptors (Lipinski definition) is 2. The van der Waals surface area contributed by atoms with E-state index in [1.165, 1.54) is 24.8 Å². The highest BCUT2D eigenvalue weighted by molar-refractivity contribution is 6.30. The van der Waals surface area contributed by atoms with Crippen LogP contribution >= 0.6 is 11.6 Å². The van der Waals surface area contributed by atoms with Gasteiger partial charge in [-0.3, -0.25) is 0 Å². The molecule has 0 saturated carbocycles. The lowest BCUT2D eigenvalue weighted by molar-refractivity contribution is 0.302. The van der Waals surface area contributed by atoms with Gasteiger partial charge in [0.05, 0.1) is 6.61 Å². The van der Waals surface area contributed by atoms with Gasteiger partial charge in [-0.1, -0.05) is 56.0 Å². The van der Waals surface area contributed by atoms with Crippen LogP contribution < -0.4 is 10.1 Å². The number of halogens is 1. The molecule has 0 unspecified atom stereocenters. The number of benzene rings is 2. The van der Waals surface area contributed by atoms with Gasteiger partial charge in [0, 0.05) is 22.8 Å². The number of rotatable bonds is 9. The van der Waals surface area contributed by atoms with Gasteiger partial charge in [0.25, 0.3) is 0 Å². The normalized spacial score (nSPS) is 10.5. The molecule has 0 fully saturated rings. The summed E-state index contributed by atoms with van der Waals surface area (Å²) in [5.41, 5.74) is 2.23. The first-order chi connectivity index (χ1) is 10.8. The van der Waals surface area contributed by atoms with Crippen LogP contribution in [0.1, 0.15) is 38.2 Å². The first-order valence-corrected chi connectivity index (χ1v) is 8.37. The van der Waals surface area contributed by atoms with Gasteiger partial charge in [0.2, 0.25) is 0 Å². The summed E-state index contributed by atoms with van der Waals surface area (Å²) in [5.74, 6) is 0.973. The molecule has 0 aliphatic rings. The predicted molar refractivity (Wildman–Crippen MR) is 94.9 cm³/mol. The number of para-hydroxylation sites is 1. The summed E-state index contributed by atoms with van der Waals surface area (Å²) >= 11 is 5.90. The summed E-state index contributed by atoms with van der Waals surface area (Å²) in [7, 11) is 0. The van der Waals surface area contributed by atoms with Gasteiger partial charge in [-0.25, -0.2) is 0 Å². The third-order valence-corrected chi connectivity index (χ3v) is 3.81. The van der Waals surface area contributed by atoms with E-state index in [4.69, 9.17) is 16.3 Å². The van der Waals surface area contributed by atoms with Crippen LogP contribution in [0.5, 0.6) is 5.75 Å². The van der Waals surface area contributed by atoms with E-state index in [0.717, 1.165) is 36.0 Å². The third kappa shape index (κ3) is 5.61. The lowest BCUT2D eigenvalue weighted by Crippen LogP contribution is -2.04. The summed E-state index contributed by atoms with van der Waals surface area (Å²) in [6.07, 6.45) is 4.89. The van der Waals surface area contributed by atoms with Crippen molar-refractivity contribution in [1.82, 2.24) is 0 Å². The van der Waals surface area contributed by atoms with Crippen LogP contribution in [0.4, 0.5) is 5.69 Å². The van der Waals surface area contributed by atoms with Gasteiger partial charge in [-0.15, -0.1) is 0 Å². The molecule has 2 nitrogen and oxygen atoms in total. The minimum absolute atomic E-state index is 0.743. The molecule has 3 heteroatoms. The third-order valence-electron chi connectivity index (χ3n) is 3.56. The first kappa shape index (κ1) is 16.7. The topological polar surface area (TPSA) is 21.3 Å². The van der Waals surface area contributed by atoms with Crippen LogP contribution in [0.25, 0.3) is 0 Å². The van der Waals surface area contributed by atoms with Gasteiger partial charge in [-0.05, 0) is 36.8 Å². The SMILES string of the molecule is CCCCCCOc1ccccc1CNc1ccc(Cl)cc1. The number of anilines is 1. The Morgan fingerprint density at radius 3 is 2.50 bits per heavy atom. The van der Waals surface area contributed by atoms with Crippen molar-refractivity contribution in [1.29, 1.82) is 0 Å². The van der Waals surface area contributed by atoms with E-state index in [0.29, 0.717) is 0 Å². The Balaban J connectivity index is 1.86. The van der Waals surface area contributed by atoms with Crippen LogP contribution in [0.2, 0.25) is 5.02 Å². The monoisotopic (exact) mass is 317 g/mol. The van der Waals surface area contributed by atoms with Crippen molar-refractivity contribution < 1.29 is 4.74 Å². The second kappa shape index (κ2) is 9.37. The van der Waals surface area contributed by atoms with E-state index >= 15 is 0 Å². The molecule has 22 heavy (non-hydrogen) atoms. The predicted octanol–water partition coefficient (Wildman–Crippen LogP) is 5.91. The second-order valence-corrected chi connectivity index (χ2v) is 5.81. The summed E-state index contributed by atoms with van der Waals surface area (Å²) < 4.78 is 5.93. The Morgan fingerprint density at radius 2 is 1.73 bits per heavy atom. The van der Waals surface area contributed by atoms with Crippen molar-refractivity contribution in [3.05, 3.63) is 59.1 Å². The van der Waals surface area contributed by atoms with Crippen molar-refractivity contribution >= 4 is 17.3 Å². The molecule has 2 aromatic carbocycles. The van der Waals surface area contributed by atoms with Crippen molar-refractivity contribution in [2.24, 2.45) is 0 Å². The largest absolute Gasteiger partial charge is 0.493 e. The Morgan fingerprint density at radius 1 is 0.955 bits per heavy atom. The fraction of sp³-hybridized carbons (Fsp3) is 0.368. The van der Waals surface area contributed by atoms with Gasteiger partial charge in [0.1, 0.15) is 5.75 Å². The van der Waals surface area contributed by atoms with Crippen LogP contribution in [0.3, 0.4) is 0 Å². The number of nitrogens with one attached hydrogen (secondary N) is 1. The van der Waals surface area contributed by atoms with Crippen molar-refractivity contribution in [3.8, 4) is 5.75 Å². The Hall–Kier alpha value is -1.67. The molecule has 0 aliphatic heterocycles. The van der Waals surface area contributed by atoms with Crippen molar-refractivity contribution in [3.63, 3.8) is 0 Å². The Labute approximate surface area is 138 Å². The van der Waals surface area contributed by atoms with E-state index in [9.17, 15) is 0 Å². The number of hydrogen-bond donors (Lipinski definition) is 1. The molecule has 0 aliphatic carbocycles. The number of unbranched alkanes of at least 4 members (excludes halogenated alkanes) is 3. The molecule has 0 heterocycles. The van der Waals surface area contributed by atoms with Crippen LogP contribution in [0, 0.1) is 0 Å². The molecule has 0 saturated heterocycles. The van der Waals surface area contributed by atoms with E-state index in [2.05, 4.69) is 18.3 Å². The van der Waals surface area contributed by atoms with E-state index in [-0.39, 0.29) is 0 Å².